The maximum atomic E-state index is 12.9. The second-order valence-electron chi connectivity index (χ2n) is 3.30. The van der Waals surface area contributed by atoms with Gasteiger partial charge in [0.05, 0.1) is 0 Å². The van der Waals surface area contributed by atoms with Gasteiger partial charge in [-0.2, -0.15) is 8.78 Å². The molecule has 1 unspecified atom stereocenters. The van der Waals surface area contributed by atoms with Gasteiger partial charge in [0.25, 0.3) is 6.43 Å². The van der Waals surface area contributed by atoms with Crippen LogP contribution < -0.4 is 0 Å². The molecule has 0 heterocycles. The summed E-state index contributed by atoms with van der Waals surface area (Å²) in [5.74, 6) is -6.95. The lowest BCUT2D eigenvalue weighted by molar-refractivity contribution is -0.182. The Morgan fingerprint density at radius 1 is 1.24 bits per heavy atom. The third kappa shape index (κ3) is 2.73. The fourth-order valence-corrected chi connectivity index (χ4v) is 1.19. The normalized spacial score (nSPS) is 13.8. The molecule has 0 spiro atoms. The Labute approximate surface area is 93.3 Å². The molecule has 7 heteroatoms. The average Bonchev–Trinajstić information content (AvgIpc) is 2.27. The summed E-state index contributed by atoms with van der Waals surface area (Å²) in [7, 11) is 0. The van der Waals surface area contributed by atoms with Crippen LogP contribution in [-0.4, -0.2) is 22.1 Å². The smallest absolute Gasteiger partial charge is 0.377 e. The van der Waals surface area contributed by atoms with Crippen LogP contribution >= 0.6 is 0 Å². The monoisotopic (exact) mass is 252 g/mol. The second-order valence-corrected chi connectivity index (χ2v) is 3.30. The second kappa shape index (κ2) is 4.70. The molecule has 0 aliphatic heterocycles. The molecule has 1 aromatic rings. The van der Waals surface area contributed by atoms with Crippen molar-refractivity contribution in [2.45, 2.75) is 18.5 Å². The summed E-state index contributed by atoms with van der Waals surface area (Å²) in [5, 5.41) is 17.3. The van der Waals surface area contributed by atoms with Crippen LogP contribution in [0.4, 0.5) is 17.6 Å². The van der Waals surface area contributed by atoms with Gasteiger partial charge in [-0.3, -0.25) is 0 Å². The SMILES string of the molecule is O=C(O)C(F)(F)C(O)c1cccc(C(F)F)c1. The fraction of sp³-hybridized carbons (Fsp3) is 0.300. The van der Waals surface area contributed by atoms with Crippen molar-refractivity contribution in [3.05, 3.63) is 35.4 Å². The first-order valence-electron chi connectivity index (χ1n) is 4.44. The van der Waals surface area contributed by atoms with E-state index in [9.17, 15) is 22.4 Å². The van der Waals surface area contributed by atoms with Crippen molar-refractivity contribution < 1.29 is 32.6 Å². The Kier molecular flexibility index (Phi) is 3.72. The highest BCUT2D eigenvalue weighted by Gasteiger charge is 2.47. The number of benzene rings is 1. The number of carbonyl (C=O) groups is 1. The predicted molar refractivity (Wildman–Crippen MR) is 48.9 cm³/mol. The number of hydrogen-bond donors (Lipinski definition) is 2. The Hall–Kier alpha value is -1.63. The number of halogens is 4. The highest BCUT2D eigenvalue weighted by Crippen LogP contribution is 2.33. The van der Waals surface area contributed by atoms with Crippen LogP contribution in [0, 0.1) is 0 Å². The minimum absolute atomic E-state index is 0.567. The number of aliphatic hydroxyl groups is 1. The maximum absolute atomic E-state index is 12.9. The Bertz CT molecular complexity index is 420. The third-order valence-electron chi connectivity index (χ3n) is 2.11. The van der Waals surface area contributed by atoms with Crippen LogP contribution in [0.3, 0.4) is 0 Å². The summed E-state index contributed by atoms with van der Waals surface area (Å²) in [6.45, 7) is 0. The van der Waals surface area contributed by atoms with E-state index in [-0.39, 0.29) is 0 Å². The quantitative estimate of drug-likeness (QED) is 0.809. The molecule has 1 aromatic carbocycles. The van der Waals surface area contributed by atoms with Gasteiger partial charge in [-0.15, -0.1) is 0 Å². The first-order chi connectivity index (χ1) is 7.76. The van der Waals surface area contributed by atoms with E-state index in [2.05, 4.69) is 0 Å². The minimum atomic E-state index is -4.43. The van der Waals surface area contributed by atoms with Crippen LogP contribution in [0.1, 0.15) is 23.7 Å². The van der Waals surface area contributed by atoms with Gasteiger partial charge < -0.3 is 10.2 Å². The number of aliphatic hydroxyl groups excluding tert-OH is 1. The average molecular weight is 252 g/mol. The number of hydrogen-bond acceptors (Lipinski definition) is 2. The van der Waals surface area contributed by atoms with E-state index in [4.69, 9.17) is 10.2 Å². The zero-order valence-corrected chi connectivity index (χ0v) is 8.28. The van der Waals surface area contributed by atoms with Gasteiger partial charge in [0, 0.05) is 5.56 Å². The Morgan fingerprint density at radius 2 is 1.76 bits per heavy atom. The van der Waals surface area contributed by atoms with Crippen molar-refractivity contribution >= 4 is 5.97 Å². The maximum Gasteiger partial charge on any atom is 0.377 e. The molecule has 0 aliphatic carbocycles. The third-order valence-corrected chi connectivity index (χ3v) is 2.11. The van der Waals surface area contributed by atoms with Crippen LogP contribution in [-0.2, 0) is 4.79 Å². The molecular formula is C10H8F4O3. The van der Waals surface area contributed by atoms with Gasteiger partial charge in [-0.05, 0) is 11.6 Å². The molecule has 17 heavy (non-hydrogen) atoms. The van der Waals surface area contributed by atoms with E-state index < -0.39 is 35.5 Å². The molecule has 0 bridgehead atoms. The zero-order chi connectivity index (χ0) is 13.2. The lowest BCUT2D eigenvalue weighted by Gasteiger charge is -2.19. The van der Waals surface area contributed by atoms with E-state index in [1.54, 1.807) is 0 Å². The van der Waals surface area contributed by atoms with E-state index in [0.29, 0.717) is 6.07 Å². The molecule has 0 saturated carbocycles. The summed E-state index contributed by atoms with van der Waals surface area (Å²) >= 11 is 0. The van der Waals surface area contributed by atoms with Crippen LogP contribution in [0.2, 0.25) is 0 Å². The summed E-state index contributed by atoms with van der Waals surface area (Å²) in [6, 6.07) is 3.62. The van der Waals surface area contributed by atoms with Crippen LogP contribution in [0.5, 0.6) is 0 Å². The minimum Gasteiger partial charge on any atom is -0.477 e. The number of carboxylic acid groups (broad SMARTS) is 1. The molecule has 0 fully saturated rings. The Morgan fingerprint density at radius 3 is 2.24 bits per heavy atom. The van der Waals surface area contributed by atoms with E-state index >= 15 is 0 Å². The van der Waals surface area contributed by atoms with Crippen molar-refractivity contribution in [3.8, 4) is 0 Å². The highest BCUT2D eigenvalue weighted by atomic mass is 19.3. The molecule has 3 nitrogen and oxygen atoms in total. The molecular weight excluding hydrogens is 244 g/mol. The molecule has 0 aliphatic rings. The number of rotatable bonds is 4. The van der Waals surface area contributed by atoms with Crippen molar-refractivity contribution in [2.24, 2.45) is 0 Å². The zero-order valence-electron chi connectivity index (χ0n) is 8.28. The Balaban J connectivity index is 3.08. The molecule has 1 atom stereocenters. The van der Waals surface area contributed by atoms with Gasteiger partial charge in [-0.1, -0.05) is 18.2 Å². The van der Waals surface area contributed by atoms with E-state index in [0.717, 1.165) is 18.2 Å². The van der Waals surface area contributed by atoms with Gasteiger partial charge in [0.1, 0.15) is 0 Å². The van der Waals surface area contributed by atoms with Gasteiger partial charge in [0.15, 0.2) is 6.10 Å². The standard InChI is InChI=1S/C10H8F4O3/c11-8(12)6-3-1-2-5(4-6)7(15)10(13,14)9(16)17/h1-4,7-8,15H,(H,16,17). The van der Waals surface area contributed by atoms with E-state index in [1.807, 2.05) is 0 Å². The fourth-order valence-electron chi connectivity index (χ4n) is 1.19. The molecule has 0 aromatic heterocycles. The molecule has 2 N–H and O–H groups in total. The van der Waals surface area contributed by atoms with Gasteiger partial charge in [0.2, 0.25) is 0 Å². The van der Waals surface area contributed by atoms with Crippen LogP contribution in [0.25, 0.3) is 0 Å². The molecule has 94 valence electrons. The van der Waals surface area contributed by atoms with Gasteiger partial charge in [-0.25, -0.2) is 13.6 Å². The molecule has 1 rings (SSSR count). The number of carboxylic acids is 1. The lowest BCUT2D eigenvalue weighted by Crippen LogP contribution is -2.35. The summed E-state index contributed by atoms with van der Waals surface area (Å²) < 4.78 is 50.4. The first-order valence-corrected chi connectivity index (χ1v) is 4.44. The van der Waals surface area contributed by atoms with Crippen molar-refractivity contribution in [3.63, 3.8) is 0 Å². The van der Waals surface area contributed by atoms with Crippen molar-refractivity contribution in [1.29, 1.82) is 0 Å². The van der Waals surface area contributed by atoms with E-state index in [1.165, 1.54) is 0 Å². The van der Waals surface area contributed by atoms with Crippen molar-refractivity contribution in [1.82, 2.24) is 0 Å². The van der Waals surface area contributed by atoms with Gasteiger partial charge >= 0.3 is 11.9 Å². The first kappa shape index (κ1) is 13.4. The summed E-state index contributed by atoms with van der Waals surface area (Å²) in [5.41, 5.74) is -1.14. The highest BCUT2D eigenvalue weighted by molar-refractivity contribution is 5.76. The van der Waals surface area contributed by atoms with Crippen molar-refractivity contribution in [2.75, 3.05) is 0 Å². The lowest BCUT2D eigenvalue weighted by atomic mass is 10.0. The summed E-state index contributed by atoms with van der Waals surface area (Å²) in [4.78, 5) is 10.2. The molecule has 0 saturated heterocycles. The largest absolute Gasteiger partial charge is 0.477 e. The van der Waals surface area contributed by atoms with Crippen LogP contribution in [0.15, 0.2) is 24.3 Å². The molecule has 0 radical (unpaired) electrons. The topological polar surface area (TPSA) is 57.5 Å². The number of alkyl halides is 4. The molecule has 0 amide bonds. The number of aliphatic carboxylic acids is 1. The summed E-state index contributed by atoms with van der Waals surface area (Å²) in [6.07, 6.45) is -5.56. The predicted octanol–water partition coefficient (Wildman–Crippen LogP) is 2.38.